The van der Waals surface area contributed by atoms with Crippen LogP contribution in [0.15, 0.2) is 10.4 Å². The molecule has 1 amide bonds. The van der Waals surface area contributed by atoms with Gasteiger partial charge in [-0.3, -0.25) is 9.59 Å². The predicted molar refractivity (Wildman–Crippen MR) is 88.8 cm³/mol. The Bertz CT molecular complexity index is 761. The molecule has 0 aliphatic heterocycles. The van der Waals surface area contributed by atoms with E-state index in [0.717, 1.165) is 51.6 Å². The molecule has 2 N–H and O–H groups in total. The molecule has 0 radical (unpaired) electrons. The van der Waals surface area contributed by atoms with Crippen molar-refractivity contribution in [3.05, 3.63) is 22.2 Å². The van der Waals surface area contributed by atoms with Crippen molar-refractivity contribution in [1.82, 2.24) is 9.78 Å². The van der Waals surface area contributed by atoms with Gasteiger partial charge in [0.05, 0.1) is 14.8 Å². The molecular weight excluding hydrogens is 318 g/mol. The van der Waals surface area contributed by atoms with Gasteiger partial charge in [0.1, 0.15) is 0 Å². The van der Waals surface area contributed by atoms with E-state index >= 15 is 0 Å². The zero-order valence-electron chi connectivity index (χ0n) is 12.5. The second-order valence-corrected chi connectivity index (χ2v) is 7.64. The molecule has 0 fully saturated rings. The van der Waals surface area contributed by atoms with Crippen LogP contribution in [0.5, 0.6) is 0 Å². The van der Waals surface area contributed by atoms with Crippen molar-refractivity contribution in [2.24, 2.45) is 5.73 Å². The highest BCUT2D eigenvalue weighted by molar-refractivity contribution is 8.01. The van der Waals surface area contributed by atoms with Crippen molar-refractivity contribution in [3.8, 4) is 11.3 Å². The van der Waals surface area contributed by atoms with Crippen LogP contribution in [0.2, 0.25) is 0 Å². The molecule has 2 aromatic heterocycles. The molecule has 116 valence electrons. The van der Waals surface area contributed by atoms with Crippen molar-refractivity contribution >= 4 is 34.9 Å². The van der Waals surface area contributed by atoms with E-state index in [4.69, 9.17) is 5.73 Å². The van der Waals surface area contributed by atoms with Crippen LogP contribution in [0.1, 0.15) is 45.9 Å². The van der Waals surface area contributed by atoms with Gasteiger partial charge in [0, 0.05) is 18.7 Å². The number of rotatable bonds is 4. The van der Waals surface area contributed by atoms with Crippen LogP contribution in [-0.4, -0.2) is 27.3 Å². The number of fused-ring (bicyclic) bond motifs is 3. The molecule has 3 rings (SSSR count). The third kappa shape index (κ3) is 2.48. The van der Waals surface area contributed by atoms with E-state index in [1.807, 2.05) is 0 Å². The van der Waals surface area contributed by atoms with Crippen LogP contribution in [0.25, 0.3) is 11.3 Å². The maximum absolute atomic E-state index is 11.7. The Hall–Kier alpha value is -1.60. The Labute approximate surface area is 136 Å². The molecule has 2 aromatic rings. The second-order valence-electron chi connectivity index (χ2n) is 5.25. The fourth-order valence-corrected chi connectivity index (χ4v) is 5.06. The Kier molecular flexibility index (Phi) is 4.10. The standard InChI is InChI=1S/C15H17N3O2S2/c1-3-6-21-15-11-10(13(22-15)14(16)20)5-4-9-7-18(8(2)19)17-12(9)11/h7H,3-6H2,1-2H3,(H2,16,20). The van der Waals surface area contributed by atoms with Crippen molar-refractivity contribution < 1.29 is 9.59 Å². The van der Waals surface area contributed by atoms with E-state index in [0.29, 0.717) is 4.88 Å². The van der Waals surface area contributed by atoms with Gasteiger partial charge in [0.25, 0.3) is 5.91 Å². The molecule has 0 aromatic carbocycles. The van der Waals surface area contributed by atoms with E-state index < -0.39 is 0 Å². The molecule has 0 saturated heterocycles. The first-order valence-electron chi connectivity index (χ1n) is 7.21. The first-order chi connectivity index (χ1) is 10.5. The number of aromatic nitrogens is 2. The van der Waals surface area contributed by atoms with Gasteiger partial charge in [0.15, 0.2) is 0 Å². The largest absolute Gasteiger partial charge is 0.365 e. The van der Waals surface area contributed by atoms with Crippen LogP contribution in [0, 0.1) is 0 Å². The summed E-state index contributed by atoms with van der Waals surface area (Å²) in [5.74, 6) is 0.497. The molecule has 22 heavy (non-hydrogen) atoms. The van der Waals surface area contributed by atoms with Crippen molar-refractivity contribution in [1.29, 1.82) is 0 Å². The Morgan fingerprint density at radius 1 is 1.45 bits per heavy atom. The number of amides is 1. The van der Waals surface area contributed by atoms with E-state index in [-0.39, 0.29) is 11.8 Å². The van der Waals surface area contributed by atoms with Crippen molar-refractivity contribution in [3.63, 3.8) is 0 Å². The molecule has 1 aliphatic carbocycles. The molecule has 0 saturated carbocycles. The maximum atomic E-state index is 11.7. The zero-order chi connectivity index (χ0) is 15.9. The minimum absolute atomic E-state index is 0.107. The topological polar surface area (TPSA) is 78.0 Å². The van der Waals surface area contributed by atoms with Crippen LogP contribution in [0.4, 0.5) is 0 Å². The summed E-state index contributed by atoms with van der Waals surface area (Å²) in [7, 11) is 0. The number of primary amides is 1. The van der Waals surface area contributed by atoms with Gasteiger partial charge in [-0.1, -0.05) is 6.92 Å². The normalized spacial score (nSPS) is 12.8. The number of thiophene rings is 1. The fraction of sp³-hybridized carbons (Fsp3) is 0.400. The number of aryl methyl sites for hydroxylation is 1. The smallest absolute Gasteiger partial charge is 0.259 e. The zero-order valence-corrected chi connectivity index (χ0v) is 14.1. The molecule has 5 nitrogen and oxygen atoms in total. The van der Waals surface area contributed by atoms with Gasteiger partial charge in [-0.05, 0) is 36.1 Å². The highest BCUT2D eigenvalue weighted by Gasteiger charge is 2.29. The van der Waals surface area contributed by atoms with Gasteiger partial charge in [0.2, 0.25) is 5.91 Å². The molecular formula is C15H17N3O2S2. The van der Waals surface area contributed by atoms with Gasteiger partial charge < -0.3 is 5.73 Å². The van der Waals surface area contributed by atoms with Crippen molar-refractivity contribution in [2.75, 3.05) is 5.75 Å². The Morgan fingerprint density at radius 2 is 2.23 bits per heavy atom. The number of nitrogens with zero attached hydrogens (tertiary/aromatic N) is 2. The van der Waals surface area contributed by atoms with E-state index in [9.17, 15) is 9.59 Å². The molecule has 7 heteroatoms. The maximum Gasteiger partial charge on any atom is 0.259 e. The molecule has 0 atom stereocenters. The average molecular weight is 335 g/mol. The summed E-state index contributed by atoms with van der Waals surface area (Å²) >= 11 is 3.19. The van der Waals surface area contributed by atoms with Gasteiger partial charge >= 0.3 is 0 Å². The third-order valence-electron chi connectivity index (χ3n) is 3.63. The predicted octanol–water partition coefficient (Wildman–Crippen LogP) is 2.97. The number of hydrogen-bond acceptors (Lipinski definition) is 5. The van der Waals surface area contributed by atoms with Crippen LogP contribution >= 0.6 is 23.1 Å². The number of thioether (sulfide) groups is 1. The Morgan fingerprint density at radius 3 is 2.86 bits per heavy atom. The molecule has 2 heterocycles. The van der Waals surface area contributed by atoms with Crippen molar-refractivity contribution in [2.45, 2.75) is 37.3 Å². The number of carbonyl (C=O) groups excluding carboxylic acids is 2. The summed E-state index contributed by atoms with van der Waals surface area (Å²) in [4.78, 5) is 23.9. The Balaban J connectivity index is 2.16. The van der Waals surface area contributed by atoms with Crippen LogP contribution in [-0.2, 0) is 12.8 Å². The minimum atomic E-state index is -0.376. The third-order valence-corrected chi connectivity index (χ3v) is 6.35. The second kappa shape index (κ2) is 5.89. The highest BCUT2D eigenvalue weighted by atomic mass is 32.2. The quantitative estimate of drug-likeness (QED) is 0.871. The minimum Gasteiger partial charge on any atom is -0.365 e. The molecule has 0 bridgehead atoms. The first-order valence-corrected chi connectivity index (χ1v) is 9.01. The SMILES string of the molecule is CCCSc1sc(C(N)=O)c2c1-c1nn(C(C)=O)cc1CC2. The lowest BCUT2D eigenvalue weighted by molar-refractivity contribution is 0.0920. The van der Waals surface area contributed by atoms with Crippen LogP contribution in [0.3, 0.4) is 0 Å². The fourth-order valence-electron chi connectivity index (χ4n) is 2.64. The van der Waals surface area contributed by atoms with Gasteiger partial charge in [-0.2, -0.15) is 5.10 Å². The summed E-state index contributed by atoms with van der Waals surface area (Å²) in [5.41, 5.74) is 9.44. The van der Waals surface area contributed by atoms with Crippen LogP contribution < -0.4 is 5.73 Å². The molecule has 0 unspecified atom stereocenters. The van der Waals surface area contributed by atoms with Gasteiger partial charge in [-0.25, -0.2) is 4.68 Å². The van der Waals surface area contributed by atoms with Gasteiger partial charge in [-0.15, -0.1) is 23.1 Å². The number of nitrogens with two attached hydrogens (primary N) is 1. The summed E-state index contributed by atoms with van der Waals surface area (Å²) in [6.45, 7) is 3.62. The summed E-state index contributed by atoms with van der Waals surface area (Å²) in [5, 5.41) is 4.44. The number of hydrogen-bond donors (Lipinski definition) is 1. The number of carbonyl (C=O) groups is 2. The summed E-state index contributed by atoms with van der Waals surface area (Å²) in [6.07, 6.45) is 4.41. The van der Waals surface area contributed by atoms with E-state index in [2.05, 4.69) is 12.0 Å². The van der Waals surface area contributed by atoms with E-state index in [1.54, 1.807) is 18.0 Å². The lowest BCUT2D eigenvalue weighted by Crippen LogP contribution is -2.13. The first kappa shape index (κ1) is 15.3. The lowest BCUT2D eigenvalue weighted by atomic mass is 9.92. The monoisotopic (exact) mass is 335 g/mol. The molecule has 0 spiro atoms. The molecule has 1 aliphatic rings. The van der Waals surface area contributed by atoms with E-state index in [1.165, 1.54) is 22.9 Å². The average Bonchev–Trinajstić information content (AvgIpc) is 3.05. The lowest BCUT2D eigenvalue weighted by Gasteiger charge is -2.13. The highest BCUT2D eigenvalue weighted by Crippen LogP contribution is 2.46. The summed E-state index contributed by atoms with van der Waals surface area (Å²) in [6, 6.07) is 0. The summed E-state index contributed by atoms with van der Waals surface area (Å²) < 4.78 is 2.47.